The Kier molecular flexibility index (Phi) is 10.7. The smallest absolute Gasteiger partial charge is 0.264 e. The molecule has 0 bridgehead atoms. The molecule has 0 saturated heterocycles. The first-order valence-corrected chi connectivity index (χ1v) is 14.6. The fourth-order valence-corrected chi connectivity index (χ4v) is 5.43. The summed E-state index contributed by atoms with van der Waals surface area (Å²) in [6.45, 7) is 5.39. The lowest BCUT2D eigenvalue weighted by Crippen LogP contribution is -2.51. The number of hydrogen-bond donors (Lipinski definition) is 1. The Hall–Kier alpha value is -3.92. The normalized spacial score (nSPS) is 11.9. The van der Waals surface area contributed by atoms with Crippen molar-refractivity contribution in [2.75, 3.05) is 24.5 Å². The lowest BCUT2D eigenvalue weighted by Gasteiger charge is -2.32. The molecule has 0 fully saturated rings. The van der Waals surface area contributed by atoms with Gasteiger partial charge in [0.05, 0.1) is 17.7 Å². The Labute approximate surface area is 235 Å². The zero-order valence-corrected chi connectivity index (χ0v) is 24.1. The van der Waals surface area contributed by atoms with Crippen LogP contribution in [-0.4, -0.2) is 51.4 Å². The molecule has 3 rings (SSSR count). The molecule has 214 valence electrons. The second kappa shape index (κ2) is 13.9. The van der Waals surface area contributed by atoms with Crippen LogP contribution in [0.2, 0.25) is 0 Å². The number of benzene rings is 3. The number of carbonyl (C=O) groups excluding carboxylic acids is 2. The van der Waals surface area contributed by atoms with Crippen LogP contribution >= 0.6 is 0 Å². The quantitative estimate of drug-likeness (QED) is 0.302. The van der Waals surface area contributed by atoms with Gasteiger partial charge in [-0.3, -0.25) is 13.9 Å². The van der Waals surface area contributed by atoms with Crippen LogP contribution in [0.3, 0.4) is 0 Å². The first kappa shape index (κ1) is 30.6. The van der Waals surface area contributed by atoms with Crippen LogP contribution in [0.15, 0.2) is 77.7 Å². The molecule has 0 aromatic heterocycles. The van der Waals surface area contributed by atoms with E-state index >= 15 is 0 Å². The summed E-state index contributed by atoms with van der Waals surface area (Å²) >= 11 is 0. The van der Waals surface area contributed by atoms with Gasteiger partial charge in [-0.1, -0.05) is 43.2 Å². The molecule has 0 aliphatic carbocycles. The van der Waals surface area contributed by atoms with E-state index in [2.05, 4.69) is 5.32 Å². The topological polar surface area (TPSA) is 96.0 Å². The molecule has 0 heterocycles. The summed E-state index contributed by atoms with van der Waals surface area (Å²) in [6.07, 6.45) is 1.69. The van der Waals surface area contributed by atoms with Crippen LogP contribution in [0.1, 0.15) is 37.8 Å². The van der Waals surface area contributed by atoms with Crippen molar-refractivity contribution in [1.82, 2.24) is 10.2 Å². The number of ether oxygens (including phenoxy) is 1. The third-order valence-electron chi connectivity index (χ3n) is 6.51. The number of aryl methyl sites for hydroxylation is 1. The number of sulfonamides is 1. The number of nitrogens with one attached hydrogen (secondary N) is 1. The number of anilines is 1. The highest BCUT2D eigenvalue weighted by Crippen LogP contribution is 2.25. The van der Waals surface area contributed by atoms with Gasteiger partial charge in [0, 0.05) is 13.1 Å². The van der Waals surface area contributed by atoms with Crippen LogP contribution in [0.5, 0.6) is 5.75 Å². The third kappa shape index (κ3) is 7.81. The Morgan fingerprint density at radius 3 is 2.17 bits per heavy atom. The van der Waals surface area contributed by atoms with Crippen LogP contribution in [-0.2, 0) is 26.2 Å². The fraction of sp³-hybridized carbons (Fsp3) is 0.333. The van der Waals surface area contributed by atoms with E-state index in [4.69, 9.17) is 4.74 Å². The Bertz CT molecular complexity index is 1380. The summed E-state index contributed by atoms with van der Waals surface area (Å²) in [5.41, 5.74) is 1.73. The van der Waals surface area contributed by atoms with Gasteiger partial charge in [-0.2, -0.15) is 0 Å². The maximum Gasteiger partial charge on any atom is 0.264 e. The largest absolute Gasteiger partial charge is 0.497 e. The molecule has 0 aliphatic heterocycles. The third-order valence-corrected chi connectivity index (χ3v) is 8.30. The van der Waals surface area contributed by atoms with Crippen LogP contribution in [0.25, 0.3) is 0 Å². The van der Waals surface area contributed by atoms with E-state index in [1.165, 1.54) is 29.2 Å². The van der Waals surface area contributed by atoms with E-state index in [1.54, 1.807) is 50.4 Å². The number of amides is 2. The number of halogens is 1. The summed E-state index contributed by atoms with van der Waals surface area (Å²) in [5, 5.41) is 2.85. The van der Waals surface area contributed by atoms with E-state index in [9.17, 15) is 22.4 Å². The molecule has 10 heteroatoms. The molecule has 40 heavy (non-hydrogen) atoms. The van der Waals surface area contributed by atoms with Gasteiger partial charge >= 0.3 is 0 Å². The SMILES string of the molecule is CCCCNC(=O)C(C)N(Cc1ccc(OC)cc1)C(=O)CN(c1ccc(F)cc1)S(=O)(=O)c1ccc(C)cc1. The Morgan fingerprint density at radius 2 is 1.60 bits per heavy atom. The lowest BCUT2D eigenvalue weighted by molar-refractivity contribution is -0.139. The van der Waals surface area contributed by atoms with Crippen molar-refractivity contribution in [2.24, 2.45) is 0 Å². The van der Waals surface area contributed by atoms with Gasteiger partial charge in [0.2, 0.25) is 11.8 Å². The van der Waals surface area contributed by atoms with Gasteiger partial charge in [0.15, 0.2) is 0 Å². The van der Waals surface area contributed by atoms with Crippen molar-refractivity contribution in [3.8, 4) is 5.75 Å². The second-order valence-corrected chi connectivity index (χ2v) is 11.4. The molecule has 1 N–H and O–H groups in total. The van der Waals surface area contributed by atoms with Gasteiger partial charge in [-0.05, 0) is 74.4 Å². The minimum atomic E-state index is -4.21. The molecule has 1 atom stereocenters. The number of carbonyl (C=O) groups is 2. The van der Waals surface area contributed by atoms with E-state index < -0.39 is 34.3 Å². The zero-order valence-electron chi connectivity index (χ0n) is 23.3. The number of nitrogens with zero attached hydrogens (tertiary/aromatic N) is 2. The highest BCUT2D eigenvalue weighted by Gasteiger charge is 2.32. The second-order valence-electron chi connectivity index (χ2n) is 9.49. The minimum absolute atomic E-state index is 0.0118. The van der Waals surface area contributed by atoms with Crippen molar-refractivity contribution < 1.29 is 27.1 Å². The van der Waals surface area contributed by atoms with Gasteiger partial charge < -0.3 is 15.0 Å². The monoisotopic (exact) mass is 569 g/mol. The summed E-state index contributed by atoms with van der Waals surface area (Å²) < 4.78 is 47.4. The predicted molar refractivity (Wildman–Crippen MR) is 153 cm³/mol. The molecule has 0 spiro atoms. The van der Waals surface area contributed by atoms with E-state index in [0.29, 0.717) is 12.3 Å². The molecular formula is C30H36FN3O5S. The average molecular weight is 570 g/mol. The molecule has 8 nitrogen and oxygen atoms in total. The van der Waals surface area contributed by atoms with E-state index in [1.807, 2.05) is 13.8 Å². The van der Waals surface area contributed by atoms with Gasteiger partial charge in [0.25, 0.3) is 10.0 Å². The number of unbranched alkanes of at least 4 members (excludes halogenated alkanes) is 1. The molecule has 3 aromatic rings. The lowest BCUT2D eigenvalue weighted by atomic mass is 10.1. The number of methoxy groups -OCH3 is 1. The predicted octanol–water partition coefficient (Wildman–Crippen LogP) is 4.67. The summed E-state index contributed by atoms with van der Waals surface area (Å²) in [6, 6.07) is 17.3. The van der Waals surface area contributed by atoms with Crippen molar-refractivity contribution in [3.63, 3.8) is 0 Å². The Morgan fingerprint density at radius 1 is 0.975 bits per heavy atom. The van der Waals surface area contributed by atoms with Crippen molar-refractivity contribution in [2.45, 2.75) is 51.1 Å². The summed E-state index contributed by atoms with van der Waals surface area (Å²) in [4.78, 5) is 28.2. The molecule has 0 aliphatic rings. The van der Waals surface area contributed by atoms with Crippen molar-refractivity contribution in [3.05, 3.63) is 89.7 Å². The maximum atomic E-state index is 13.9. The zero-order chi connectivity index (χ0) is 29.3. The van der Waals surface area contributed by atoms with Gasteiger partial charge in [-0.25, -0.2) is 12.8 Å². The number of rotatable bonds is 13. The molecule has 2 amide bonds. The van der Waals surface area contributed by atoms with Crippen molar-refractivity contribution in [1.29, 1.82) is 0 Å². The first-order chi connectivity index (χ1) is 19.1. The minimum Gasteiger partial charge on any atom is -0.497 e. The van der Waals surface area contributed by atoms with Crippen LogP contribution < -0.4 is 14.4 Å². The van der Waals surface area contributed by atoms with Crippen LogP contribution in [0.4, 0.5) is 10.1 Å². The molecule has 0 radical (unpaired) electrons. The molecule has 1 unspecified atom stereocenters. The molecule has 3 aromatic carbocycles. The van der Waals surface area contributed by atoms with E-state index in [0.717, 1.165) is 40.4 Å². The van der Waals surface area contributed by atoms with Crippen LogP contribution in [0, 0.1) is 12.7 Å². The average Bonchev–Trinajstić information content (AvgIpc) is 2.95. The summed E-state index contributed by atoms with van der Waals surface area (Å²) in [5.74, 6) is -0.834. The molecular weight excluding hydrogens is 533 g/mol. The standard InChI is InChI=1S/C30H36FN3O5S/c1-5-6-19-32-30(36)23(3)33(20-24-9-15-27(39-4)16-10-24)29(35)21-34(26-13-11-25(31)12-14-26)40(37,38)28-17-7-22(2)8-18-28/h7-18,23H,5-6,19-21H2,1-4H3,(H,32,36). The highest BCUT2D eigenvalue weighted by atomic mass is 32.2. The van der Waals surface area contributed by atoms with Gasteiger partial charge in [0.1, 0.15) is 24.2 Å². The van der Waals surface area contributed by atoms with Crippen molar-refractivity contribution >= 4 is 27.5 Å². The van der Waals surface area contributed by atoms with Gasteiger partial charge in [-0.15, -0.1) is 0 Å². The Balaban J connectivity index is 1.98. The maximum absolute atomic E-state index is 13.9. The summed E-state index contributed by atoms with van der Waals surface area (Å²) in [7, 11) is -2.66. The van der Waals surface area contributed by atoms with E-state index in [-0.39, 0.29) is 23.0 Å². The highest BCUT2D eigenvalue weighted by molar-refractivity contribution is 7.92. The molecule has 0 saturated carbocycles. The number of hydrogen-bond acceptors (Lipinski definition) is 5. The fourth-order valence-electron chi connectivity index (χ4n) is 4.02. The first-order valence-electron chi connectivity index (χ1n) is 13.1.